The summed E-state index contributed by atoms with van der Waals surface area (Å²) in [6.45, 7) is 0. The molecule has 7 aromatic rings. The highest BCUT2D eigenvalue weighted by Gasteiger charge is 2.19. The first kappa shape index (κ1) is 19.5. The number of aromatic nitrogens is 2. The molecule has 7 rings (SSSR count). The van der Waals surface area contributed by atoms with Crippen LogP contribution in [0.5, 0.6) is 0 Å². The lowest BCUT2D eigenvalue weighted by Crippen LogP contribution is -1.94. The molecule has 3 heteroatoms. The Kier molecular flexibility index (Phi) is 4.33. The Balaban J connectivity index is 1.74. The summed E-state index contributed by atoms with van der Waals surface area (Å²) >= 11 is 3.59. The molecule has 0 aliphatic rings. The number of para-hydroxylation sites is 3. The Labute approximate surface area is 205 Å². The van der Waals surface area contributed by atoms with Crippen molar-refractivity contribution in [2.75, 3.05) is 0 Å². The Morgan fingerprint density at radius 2 is 1.24 bits per heavy atom. The van der Waals surface area contributed by atoms with Crippen LogP contribution >= 0.6 is 15.9 Å². The molecule has 0 N–H and O–H groups in total. The second-order valence-electron chi connectivity index (χ2n) is 8.55. The highest BCUT2D eigenvalue weighted by atomic mass is 79.9. The fourth-order valence-electron chi connectivity index (χ4n) is 5.18. The first-order valence-corrected chi connectivity index (χ1v) is 12.1. The first-order chi connectivity index (χ1) is 16.8. The van der Waals surface area contributed by atoms with Crippen molar-refractivity contribution in [2.45, 2.75) is 0 Å². The molecule has 34 heavy (non-hydrogen) atoms. The Hall–Kier alpha value is -3.95. The molecule has 0 unspecified atom stereocenters. The first-order valence-electron chi connectivity index (χ1n) is 11.4. The third kappa shape index (κ3) is 2.84. The third-order valence-electron chi connectivity index (χ3n) is 6.63. The maximum atomic E-state index is 5.22. The van der Waals surface area contributed by atoms with E-state index in [-0.39, 0.29) is 0 Å². The lowest BCUT2D eigenvalue weighted by atomic mass is 9.96. The quantitative estimate of drug-likeness (QED) is 0.217. The van der Waals surface area contributed by atoms with Crippen molar-refractivity contribution in [1.82, 2.24) is 9.55 Å². The number of nitrogens with zero attached hydrogens (tertiary/aromatic N) is 2. The molecule has 2 heterocycles. The number of hydrogen-bond donors (Lipinski definition) is 0. The van der Waals surface area contributed by atoms with E-state index in [1.807, 2.05) is 0 Å². The van der Waals surface area contributed by atoms with E-state index in [2.05, 4.69) is 136 Å². The molecule has 0 bridgehead atoms. The van der Waals surface area contributed by atoms with Gasteiger partial charge in [-0.15, -0.1) is 0 Å². The van der Waals surface area contributed by atoms with Crippen molar-refractivity contribution in [3.8, 4) is 16.9 Å². The standard InChI is InChI=1S/C31H19BrN2/c32-21-16-14-20(15-17-21)31-30-24(23-10-4-6-12-26(23)33-31)18-19-28-29(30)25-11-5-7-13-27(25)34(28)22-8-2-1-3-9-22/h1-19H. The second-order valence-corrected chi connectivity index (χ2v) is 9.47. The van der Waals surface area contributed by atoms with E-state index in [0.29, 0.717) is 0 Å². The summed E-state index contributed by atoms with van der Waals surface area (Å²) in [5.74, 6) is 0. The van der Waals surface area contributed by atoms with Crippen LogP contribution in [0.25, 0.3) is 60.4 Å². The van der Waals surface area contributed by atoms with Gasteiger partial charge in [-0.25, -0.2) is 4.98 Å². The highest BCUT2D eigenvalue weighted by Crippen LogP contribution is 2.42. The number of benzene rings is 5. The molecule has 0 radical (unpaired) electrons. The van der Waals surface area contributed by atoms with Crippen molar-refractivity contribution in [3.05, 3.63) is 120 Å². The van der Waals surface area contributed by atoms with Gasteiger partial charge in [0.05, 0.1) is 22.2 Å². The van der Waals surface area contributed by atoms with Gasteiger partial charge in [-0.05, 0) is 47.9 Å². The number of pyridine rings is 1. The van der Waals surface area contributed by atoms with Crippen LogP contribution in [0.2, 0.25) is 0 Å². The van der Waals surface area contributed by atoms with Gasteiger partial charge in [0.1, 0.15) is 0 Å². The second kappa shape index (κ2) is 7.54. The summed E-state index contributed by atoms with van der Waals surface area (Å²) in [7, 11) is 0. The summed E-state index contributed by atoms with van der Waals surface area (Å²) in [5.41, 5.74) is 6.69. The van der Waals surface area contributed by atoms with Gasteiger partial charge in [0, 0.05) is 37.3 Å². The molecule has 2 nitrogen and oxygen atoms in total. The smallest absolute Gasteiger partial charge is 0.0795 e. The fraction of sp³-hybridized carbons (Fsp3) is 0. The van der Waals surface area contributed by atoms with Crippen LogP contribution in [0.3, 0.4) is 0 Å². The summed E-state index contributed by atoms with van der Waals surface area (Å²) in [5, 5.41) is 6.09. The Morgan fingerprint density at radius 3 is 2.06 bits per heavy atom. The van der Waals surface area contributed by atoms with Gasteiger partial charge in [-0.2, -0.15) is 0 Å². The average molecular weight is 499 g/mol. The summed E-state index contributed by atoms with van der Waals surface area (Å²) < 4.78 is 3.43. The predicted octanol–water partition coefficient (Wildman–Crippen LogP) is 8.91. The number of hydrogen-bond acceptors (Lipinski definition) is 1. The van der Waals surface area contributed by atoms with Crippen LogP contribution < -0.4 is 0 Å². The summed E-state index contributed by atoms with van der Waals surface area (Å²) in [6.07, 6.45) is 0. The van der Waals surface area contributed by atoms with Crippen LogP contribution in [-0.2, 0) is 0 Å². The zero-order valence-electron chi connectivity index (χ0n) is 18.2. The largest absolute Gasteiger partial charge is 0.309 e. The van der Waals surface area contributed by atoms with Gasteiger partial charge in [0.25, 0.3) is 0 Å². The van der Waals surface area contributed by atoms with Gasteiger partial charge in [-0.3, -0.25) is 0 Å². The maximum Gasteiger partial charge on any atom is 0.0795 e. The van der Waals surface area contributed by atoms with Crippen LogP contribution in [0.1, 0.15) is 0 Å². The molecule has 0 spiro atoms. The minimum Gasteiger partial charge on any atom is -0.309 e. The number of rotatable bonds is 2. The molecule has 5 aromatic carbocycles. The Morgan fingerprint density at radius 1 is 0.529 bits per heavy atom. The van der Waals surface area contributed by atoms with Gasteiger partial charge in [0.2, 0.25) is 0 Å². The number of fused-ring (bicyclic) bond motifs is 7. The SMILES string of the molecule is Brc1ccc(-c2nc3ccccc3c3ccc4c(c5ccccc5n4-c4ccccc4)c23)cc1. The molecule has 0 aliphatic carbocycles. The molecule has 0 aliphatic heterocycles. The lowest BCUT2D eigenvalue weighted by molar-refractivity contribution is 1.18. The molecule has 0 amide bonds. The van der Waals surface area contributed by atoms with Crippen LogP contribution in [0, 0.1) is 0 Å². The minimum absolute atomic E-state index is 1.01. The van der Waals surface area contributed by atoms with Crippen LogP contribution in [0.4, 0.5) is 0 Å². The predicted molar refractivity (Wildman–Crippen MR) is 147 cm³/mol. The van der Waals surface area contributed by atoms with Crippen molar-refractivity contribution in [3.63, 3.8) is 0 Å². The van der Waals surface area contributed by atoms with E-state index >= 15 is 0 Å². The molecular weight excluding hydrogens is 480 g/mol. The van der Waals surface area contributed by atoms with E-state index in [0.717, 1.165) is 26.9 Å². The molecule has 0 atom stereocenters. The minimum atomic E-state index is 1.01. The average Bonchev–Trinajstić information content (AvgIpc) is 3.24. The highest BCUT2D eigenvalue weighted by molar-refractivity contribution is 9.10. The van der Waals surface area contributed by atoms with Crippen molar-refractivity contribution in [2.24, 2.45) is 0 Å². The van der Waals surface area contributed by atoms with E-state index < -0.39 is 0 Å². The Bertz CT molecular complexity index is 1850. The van der Waals surface area contributed by atoms with Crippen LogP contribution in [0.15, 0.2) is 120 Å². The summed E-state index contributed by atoms with van der Waals surface area (Å²) in [4.78, 5) is 5.22. The van der Waals surface area contributed by atoms with Gasteiger partial charge >= 0.3 is 0 Å². The molecule has 0 fully saturated rings. The molecule has 0 saturated heterocycles. The monoisotopic (exact) mass is 498 g/mol. The zero-order chi connectivity index (χ0) is 22.6. The maximum absolute atomic E-state index is 5.22. The zero-order valence-corrected chi connectivity index (χ0v) is 19.8. The van der Waals surface area contributed by atoms with Gasteiger partial charge in [-0.1, -0.05) is 88.7 Å². The topological polar surface area (TPSA) is 17.8 Å². The summed E-state index contributed by atoms with van der Waals surface area (Å²) in [6, 6.07) is 40.7. The van der Waals surface area contributed by atoms with E-state index in [9.17, 15) is 0 Å². The lowest BCUT2D eigenvalue weighted by Gasteiger charge is -2.13. The molecule has 160 valence electrons. The normalized spacial score (nSPS) is 11.7. The van der Waals surface area contributed by atoms with Crippen molar-refractivity contribution < 1.29 is 0 Å². The van der Waals surface area contributed by atoms with E-state index in [4.69, 9.17) is 4.98 Å². The van der Waals surface area contributed by atoms with E-state index in [1.54, 1.807) is 0 Å². The third-order valence-corrected chi connectivity index (χ3v) is 7.16. The molecule has 2 aromatic heterocycles. The molecule has 0 saturated carbocycles. The van der Waals surface area contributed by atoms with Gasteiger partial charge in [0.15, 0.2) is 0 Å². The van der Waals surface area contributed by atoms with E-state index in [1.165, 1.54) is 38.0 Å². The van der Waals surface area contributed by atoms with Crippen LogP contribution in [-0.4, -0.2) is 9.55 Å². The molecular formula is C31H19BrN2. The van der Waals surface area contributed by atoms with Crippen molar-refractivity contribution in [1.29, 1.82) is 0 Å². The van der Waals surface area contributed by atoms with Gasteiger partial charge < -0.3 is 4.57 Å². The fourth-order valence-corrected chi connectivity index (χ4v) is 5.44. The van der Waals surface area contributed by atoms with Crippen molar-refractivity contribution >= 4 is 59.4 Å². The number of halogens is 1.